The van der Waals surface area contributed by atoms with Crippen molar-refractivity contribution in [2.45, 2.75) is 0 Å². The number of sulfonamides is 3. The molecule has 0 saturated heterocycles. The second kappa shape index (κ2) is 31.3. The minimum atomic E-state index is -3.41. The number of nitro benzene ring substituents is 2. The van der Waals surface area contributed by atoms with E-state index in [0.29, 0.717) is 48.9 Å². The zero-order chi connectivity index (χ0) is 62.6. The Balaban J connectivity index is -0.0000000782. The van der Waals surface area contributed by atoms with E-state index in [1.54, 1.807) is 24.3 Å². The number of non-ortho nitro benzene ring substituents is 2. The highest BCUT2D eigenvalue weighted by molar-refractivity contribution is 7.92. The van der Waals surface area contributed by atoms with E-state index < -0.39 is 52.7 Å². The average Bonchev–Trinajstić information content (AvgIpc) is 3.36. The van der Waals surface area contributed by atoms with Crippen LogP contribution in [0.3, 0.4) is 0 Å². The van der Waals surface area contributed by atoms with Gasteiger partial charge in [0.15, 0.2) is 0 Å². The van der Waals surface area contributed by atoms with Crippen molar-refractivity contribution in [3.63, 3.8) is 0 Å². The van der Waals surface area contributed by atoms with Gasteiger partial charge in [-0.3, -0.25) is 33.6 Å². The number of nitrogens with zero attached hydrogens (tertiary/aromatic N) is 7. The molecule has 0 saturated carbocycles. The highest BCUT2D eigenvalue weighted by atomic mass is 35.5. The third-order valence-corrected chi connectivity index (χ3v) is 10.4. The third kappa shape index (κ3) is 31.8. The zero-order valence-electron chi connectivity index (χ0n) is 50.9. The Morgan fingerprint density at radius 2 is 0.921 bits per heavy atom. The first kappa shape index (κ1) is 50.4. The summed E-state index contributed by atoms with van der Waals surface area (Å²) >= 11 is 5.35. The number of likely N-dealkylation sites (N-methyl/N-ethyl adjacent to an activating group) is 2. The SMILES string of the molecule is CN(C)CCCl.CN(C)CCN(c1ccc(N)cc1)S(C)(=O)=O.CN(C)CCN(c1ccc([N+](=O)[O-])cc1)S(C)(=O)=O.CS(=O)(=O)Nc1ccc([N+](=O)[O-])cc1.Cl.[2HH].[2H][2H].[2H][2H].[2H][2H].[2H][2H].[2H][2H].[2H][2H].[2H][2H].[B]B([B])B([B])[B]. The molecule has 0 aliphatic rings. The van der Waals surface area contributed by atoms with Gasteiger partial charge in [-0.2, -0.15) is 0 Å². The Morgan fingerprint density at radius 1 is 0.619 bits per heavy atom. The van der Waals surface area contributed by atoms with E-state index in [4.69, 9.17) is 69.1 Å². The fraction of sp³-hybridized carbons (Fsp3) is 0.455. The number of nitrogens with two attached hydrogens (primary N) is 1. The summed E-state index contributed by atoms with van der Waals surface area (Å²) in [5.41, 5.74) is 7.43. The zero-order valence-corrected chi connectivity index (χ0v) is 41.0. The Kier molecular flexibility index (Phi) is 25.0. The largest absolute Gasteiger partial charge is 0.399 e. The first-order chi connectivity index (χ1) is 35.3. The summed E-state index contributed by atoms with van der Waals surface area (Å²) in [5.74, 6) is 0.729. The summed E-state index contributed by atoms with van der Waals surface area (Å²) in [6, 6.07) is 17.4. The summed E-state index contributed by atoms with van der Waals surface area (Å²) in [5, 5.41) is 20.8. The van der Waals surface area contributed by atoms with Crippen LogP contribution in [0.15, 0.2) is 72.8 Å². The maximum absolute atomic E-state index is 11.7. The van der Waals surface area contributed by atoms with Crippen LogP contribution in [0.2, 0.25) is 0 Å². The van der Waals surface area contributed by atoms with Crippen molar-refractivity contribution in [2.75, 3.05) is 119 Å². The van der Waals surface area contributed by atoms with Crippen molar-refractivity contribution in [1.82, 2.24) is 14.7 Å². The van der Waals surface area contributed by atoms with Gasteiger partial charge in [-0.25, -0.2) is 25.3 Å². The van der Waals surface area contributed by atoms with Crippen LogP contribution in [0.4, 0.5) is 34.1 Å². The molecule has 19 nitrogen and oxygen atoms in total. The van der Waals surface area contributed by atoms with Gasteiger partial charge in [-0.05, 0) is 90.8 Å². The van der Waals surface area contributed by atoms with E-state index >= 15 is 0 Å². The fourth-order valence-electron chi connectivity index (χ4n) is 3.97. The molecule has 30 heteroatoms. The van der Waals surface area contributed by atoms with Crippen LogP contribution in [0, 0.1) is 20.2 Å². The molecule has 3 rings (SSSR count). The highest BCUT2D eigenvalue weighted by Crippen LogP contribution is 2.22. The van der Waals surface area contributed by atoms with Gasteiger partial charge < -0.3 is 20.4 Å². The van der Waals surface area contributed by atoms with Crippen molar-refractivity contribution < 1.29 is 57.3 Å². The summed E-state index contributed by atoms with van der Waals surface area (Å²) in [6.07, 6.45) is 2.15. The van der Waals surface area contributed by atoms with Crippen LogP contribution in [0.1, 0.15) is 22.2 Å². The molecule has 0 aromatic heterocycles. The van der Waals surface area contributed by atoms with Crippen LogP contribution >= 0.6 is 24.0 Å². The molecule has 0 spiro atoms. The van der Waals surface area contributed by atoms with E-state index in [-0.39, 0.29) is 25.2 Å². The van der Waals surface area contributed by atoms with Crippen LogP contribution in [0.5, 0.6) is 0 Å². The molecule has 0 fully saturated rings. The standard InChI is InChI=1S/C11H17N3O4S.C11H19N3O2S.C7H8N2O4S.C4H10ClN.B6.ClH.8H2/c1-12(2)8-9-13(19(3,17)18)10-4-6-11(7-5-10)14(15)16;1-13(2)8-9-14(17(3,15)16)11-6-4-10(12)5-7-11;1-14(12,13)8-6-2-4-7(5-3-6)9(10)11;1-6(2)4-3-5;1-5(2)6(3)4;;;;;;;;;/h4-7H,8-9H2,1-3H3;4-7H,8-9,12H2,1-3H3;2-5,8H,1H3;3-4H2,1-2H3;;9*1H/i;;;;;;7*1+1D;1+1. The number of alkyl halides is 1. The van der Waals surface area contributed by atoms with Crippen molar-refractivity contribution in [1.29, 1.82) is 0 Å². The lowest BCUT2D eigenvalue weighted by Gasteiger charge is -2.24. The molecule has 3 N–H and O–H groups in total. The van der Waals surface area contributed by atoms with E-state index in [1.165, 1.54) is 63.4 Å². The molecular formula is C33H71B6Cl2N9O10S3. The van der Waals surface area contributed by atoms with E-state index in [0.717, 1.165) is 24.9 Å². The van der Waals surface area contributed by atoms with Crippen LogP contribution < -0.4 is 19.1 Å². The van der Waals surface area contributed by atoms with Gasteiger partial charge in [0.25, 0.3) is 11.4 Å². The van der Waals surface area contributed by atoms with E-state index in [9.17, 15) is 45.5 Å². The van der Waals surface area contributed by atoms with Crippen molar-refractivity contribution >= 4 is 132 Å². The minimum absolute atomic E-state index is 0. The number of benzene rings is 3. The summed E-state index contributed by atoms with van der Waals surface area (Å²) in [7, 11) is 21.4. The second-order valence-corrected chi connectivity index (χ2v) is 19.9. The summed E-state index contributed by atoms with van der Waals surface area (Å²) < 4.78 is 143. The number of nitrogen functional groups attached to an aromatic ring is 1. The lowest BCUT2D eigenvalue weighted by Crippen LogP contribution is -2.38. The Bertz CT molecular complexity index is 2150. The highest BCUT2D eigenvalue weighted by Gasteiger charge is 2.19. The maximum atomic E-state index is 11.7. The van der Waals surface area contributed by atoms with Gasteiger partial charge in [0, 0.05) is 140 Å². The van der Waals surface area contributed by atoms with Crippen molar-refractivity contribution in [2.24, 2.45) is 0 Å². The molecule has 3 aromatic carbocycles. The molecule has 3 aromatic rings. The molecule has 0 atom stereocenters. The number of nitro groups is 2. The normalized spacial score (nSPS) is 11.6. The van der Waals surface area contributed by atoms with Crippen molar-refractivity contribution in [3.05, 3.63) is 93.0 Å². The molecule has 8 radical (unpaired) electrons. The fourth-order valence-corrected chi connectivity index (χ4v) is 6.71. The topological polar surface area (TPSA) is 243 Å². The van der Waals surface area contributed by atoms with Crippen LogP contribution in [-0.4, -0.2) is 193 Å². The number of rotatable bonds is 17. The Labute approximate surface area is 414 Å². The lowest BCUT2D eigenvalue weighted by molar-refractivity contribution is -0.385. The Morgan fingerprint density at radius 3 is 1.14 bits per heavy atom. The van der Waals surface area contributed by atoms with Gasteiger partial charge in [0.05, 0.1) is 40.0 Å². The predicted octanol–water partition coefficient (Wildman–Crippen LogP) is 3.38. The van der Waals surface area contributed by atoms with E-state index in [2.05, 4.69) is 4.72 Å². The molecule has 358 valence electrons. The van der Waals surface area contributed by atoms with Gasteiger partial charge >= 0.3 is 0 Å². The van der Waals surface area contributed by atoms with Crippen LogP contribution in [-0.2, 0) is 30.1 Å². The van der Waals surface area contributed by atoms with Gasteiger partial charge in [0.2, 0.25) is 30.1 Å². The van der Waals surface area contributed by atoms with Crippen molar-refractivity contribution in [3.8, 4) is 0 Å². The maximum Gasteiger partial charge on any atom is 0.269 e. The molecule has 0 aliphatic heterocycles. The van der Waals surface area contributed by atoms with Gasteiger partial charge in [0.1, 0.15) is 0 Å². The number of halogens is 2. The number of anilines is 4. The molecule has 0 unspecified atom stereocenters. The monoisotopic (exact) mass is 1000 g/mol. The van der Waals surface area contributed by atoms with Gasteiger partial charge in [-0.15, -0.1) is 24.0 Å². The molecule has 0 bridgehead atoms. The number of nitrogens with one attached hydrogen (secondary N) is 1. The first-order valence-electron chi connectivity index (χ1n) is 25.1. The van der Waals surface area contributed by atoms with E-state index in [1.807, 2.05) is 57.0 Å². The second-order valence-electron chi connectivity index (χ2n) is 14.0. The smallest absolute Gasteiger partial charge is 0.269 e. The Hall–Kier alpha value is -3.64. The third-order valence-electron chi connectivity index (χ3n) is 7.19. The lowest BCUT2D eigenvalue weighted by atomic mass is 8.81. The molecule has 0 amide bonds. The quantitative estimate of drug-likeness (QED) is 0.0648. The first-order valence-corrected chi connectivity index (χ1v) is 24.2. The number of hydrogen-bond acceptors (Lipinski definition) is 14. The summed E-state index contributed by atoms with van der Waals surface area (Å²) in [4.78, 5) is 25.6. The summed E-state index contributed by atoms with van der Waals surface area (Å²) in [6.45, 7) is 2.92. The minimum Gasteiger partial charge on any atom is -0.399 e. The molecule has 0 aliphatic carbocycles. The molecular weight excluding hydrogens is 914 g/mol. The molecule has 0 heterocycles. The van der Waals surface area contributed by atoms with Crippen LogP contribution in [0.25, 0.3) is 0 Å². The van der Waals surface area contributed by atoms with Gasteiger partial charge in [-0.1, -0.05) is 0 Å². The predicted molar refractivity (Wildman–Crippen MR) is 285 cm³/mol. The number of hydrogen-bond donors (Lipinski definition) is 2. The molecule has 63 heavy (non-hydrogen) atoms. The average molecular weight is 1000 g/mol.